The maximum Gasteiger partial charge on any atom is 0.251 e. The average molecular weight is 364 g/mol. The van der Waals surface area contributed by atoms with Crippen molar-refractivity contribution in [2.75, 3.05) is 25.2 Å². The molecular formula is C17H20N2O5S. The molecule has 0 aromatic heterocycles. The highest BCUT2D eigenvalue weighted by atomic mass is 32.2. The van der Waals surface area contributed by atoms with Crippen LogP contribution in [0, 0.1) is 0 Å². The SMILES string of the molecule is COc1ccc(OC)c(CNC(=O)c2ccc(NS(C)(=O)=O)cc2)c1. The minimum Gasteiger partial charge on any atom is -0.497 e. The number of ether oxygens (including phenoxy) is 2. The van der Waals surface area contributed by atoms with Crippen LogP contribution in [-0.2, 0) is 16.6 Å². The molecule has 0 bridgehead atoms. The molecule has 2 aromatic rings. The van der Waals surface area contributed by atoms with Crippen molar-refractivity contribution in [3.05, 3.63) is 53.6 Å². The van der Waals surface area contributed by atoms with E-state index in [0.29, 0.717) is 22.7 Å². The van der Waals surface area contributed by atoms with Gasteiger partial charge in [-0.25, -0.2) is 8.42 Å². The number of hydrogen-bond donors (Lipinski definition) is 2. The standard InChI is InChI=1S/C17H20N2O5S/c1-23-15-8-9-16(24-2)13(10-15)11-18-17(20)12-4-6-14(7-5-12)19-25(3,21)22/h4-10,19H,11H2,1-3H3,(H,18,20). The lowest BCUT2D eigenvalue weighted by Gasteiger charge is -2.12. The highest BCUT2D eigenvalue weighted by Crippen LogP contribution is 2.23. The van der Waals surface area contributed by atoms with Crippen LogP contribution in [0.3, 0.4) is 0 Å². The van der Waals surface area contributed by atoms with Crippen LogP contribution in [0.5, 0.6) is 11.5 Å². The number of carbonyl (C=O) groups is 1. The number of rotatable bonds is 7. The topological polar surface area (TPSA) is 93.7 Å². The average Bonchev–Trinajstić information content (AvgIpc) is 2.58. The molecule has 0 aliphatic carbocycles. The fourth-order valence-electron chi connectivity index (χ4n) is 2.20. The van der Waals surface area contributed by atoms with E-state index < -0.39 is 10.0 Å². The number of sulfonamides is 1. The number of nitrogens with one attached hydrogen (secondary N) is 2. The van der Waals surface area contributed by atoms with E-state index in [2.05, 4.69) is 10.0 Å². The van der Waals surface area contributed by atoms with Crippen LogP contribution in [-0.4, -0.2) is 34.8 Å². The van der Waals surface area contributed by atoms with Gasteiger partial charge in [0.1, 0.15) is 11.5 Å². The summed E-state index contributed by atoms with van der Waals surface area (Å²) in [7, 11) is -0.225. The molecule has 0 aliphatic heterocycles. The van der Waals surface area contributed by atoms with Crippen molar-refractivity contribution in [2.24, 2.45) is 0 Å². The van der Waals surface area contributed by atoms with Crippen LogP contribution in [0.4, 0.5) is 5.69 Å². The Labute approximate surface area is 147 Å². The summed E-state index contributed by atoms with van der Waals surface area (Å²) in [6, 6.07) is 11.5. The normalized spacial score (nSPS) is 10.8. The first-order valence-electron chi connectivity index (χ1n) is 7.39. The summed E-state index contributed by atoms with van der Waals surface area (Å²) < 4.78 is 35.1. The fraction of sp³-hybridized carbons (Fsp3) is 0.235. The lowest BCUT2D eigenvalue weighted by Crippen LogP contribution is -2.23. The van der Waals surface area contributed by atoms with Crippen LogP contribution in [0.25, 0.3) is 0 Å². The predicted molar refractivity (Wildman–Crippen MR) is 95.6 cm³/mol. The molecule has 2 N–H and O–H groups in total. The molecule has 2 rings (SSSR count). The van der Waals surface area contributed by atoms with E-state index in [-0.39, 0.29) is 12.5 Å². The third-order valence-corrected chi connectivity index (χ3v) is 3.98. The third-order valence-electron chi connectivity index (χ3n) is 3.38. The number of carbonyl (C=O) groups excluding carboxylic acids is 1. The van der Waals surface area contributed by atoms with Gasteiger partial charge in [-0.1, -0.05) is 0 Å². The van der Waals surface area contributed by atoms with Gasteiger partial charge in [-0.05, 0) is 42.5 Å². The van der Waals surface area contributed by atoms with Crippen molar-refractivity contribution in [2.45, 2.75) is 6.54 Å². The lowest BCUT2D eigenvalue weighted by molar-refractivity contribution is 0.0950. The number of hydrogen-bond acceptors (Lipinski definition) is 5. The van der Waals surface area contributed by atoms with Gasteiger partial charge >= 0.3 is 0 Å². The summed E-state index contributed by atoms with van der Waals surface area (Å²) in [5.74, 6) is 1.03. The molecule has 0 saturated carbocycles. The van der Waals surface area contributed by atoms with Gasteiger partial charge in [-0.2, -0.15) is 0 Å². The monoisotopic (exact) mass is 364 g/mol. The summed E-state index contributed by atoms with van der Waals surface area (Å²) >= 11 is 0. The van der Waals surface area contributed by atoms with Gasteiger partial charge in [-0.3, -0.25) is 9.52 Å². The van der Waals surface area contributed by atoms with Crippen LogP contribution >= 0.6 is 0 Å². The van der Waals surface area contributed by atoms with Crippen molar-refractivity contribution < 1.29 is 22.7 Å². The summed E-state index contributed by atoms with van der Waals surface area (Å²) in [4.78, 5) is 12.2. The second-order valence-corrected chi connectivity index (χ2v) is 7.06. The molecule has 0 unspecified atom stereocenters. The maximum absolute atomic E-state index is 12.2. The van der Waals surface area contributed by atoms with E-state index in [9.17, 15) is 13.2 Å². The highest BCUT2D eigenvalue weighted by molar-refractivity contribution is 7.92. The molecule has 0 fully saturated rings. The quantitative estimate of drug-likeness (QED) is 0.784. The molecule has 7 nitrogen and oxygen atoms in total. The van der Waals surface area contributed by atoms with Gasteiger partial charge in [0.25, 0.3) is 5.91 Å². The van der Waals surface area contributed by atoms with Crippen molar-refractivity contribution in [3.63, 3.8) is 0 Å². The second-order valence-electron chi connectivity index (χ2n) is 5.31. The molecule has 0 spiro atoms. The highest BCUT2D eigenvalue weighted by Gasteiger charge is 2.10. The van der Waals surface area contributed by atoms with Crippen molar-refractivity contribution in [1.82, 2.24) is 5.32 Å². The Morgan fingerprint density at radius 2 is 1.72 bits per heavy atom. The van der Waals surface area contributed by atoms with E-state index in [4.69, 9.17) is 9.47 Å². The molecule has 0 radical (unpaired) electrons. The number of methoxy groups -OCH3 is 2. The Balaban J connectivity index is 2.05. The summed E-state index contributed by atoms with van der Waals surface area (Å²) in [6.45, 7) is 0.266. The van der Waals surface area contributed by atoms with Crippen molar-refractivity contribution >= 4 is 21.6 Å². The Morgan fingerprint density at radius 1 is 1.04 bits per heavy atom. The third kappa shape index (κ3) is 5.39. The minimum absolute atomic E-state index is 0.266. The minimum atomic E-state index is -3.35. The lowest BCUT2D eigenvalue weighted by atomic mass is 10.1. The van der Waals surface area contributed by atoms with Gasteiger partial charge in [0.2, 0.25) is 10.0 Å². The summed E-state index contributed by atoms with van der Waals surface area (Å²) in [6.07, 6.45) is 1.06. The molecule has 1 amide bonds. The predicted octanol–water partition coefficient (Wildman–Crippen LogP) is 2.01. The summed E-state index contributed by atoms with van der Waals surface area (Å²) in [5, 5.41) is 2.80. The number of anilines is 1. The van der Waals surface area contributed by atoms with Gasteiger partial charge in [0.05, 0.1) is 20.5 Å². The molecule has 25 heavy (non-hydrogen) atoms. The van der Waals surface area contributed by atoms with Gasteiger partial charge in [0, 0.05) is 23.4 Å². The Kier molecular flexibility index (Phi) is 5.87. The zero-order valence-electron chi connectivity index (χ0n) is 14.2. The van der Waals surface area contributed by atoms with Crippen LogP contribution < -0.4 is 19.5 Å². The van der Waals surface area contributed by atoms with E-state index in [1.54, 1.807) is 44.6 Å². The molecular weight excluding hydrogens is 344 g/mol. The molecule has 2 aromatic carbocycles. The largest absolute Gasteiger partial charge is 0.497 e. The summed E-state index contributed by atoms with van der Waals surface area (Å²) in [5.41, 5.74) is 1.60. The first-order chi connectivity index (χ1) is 11.8. The Bertz CT molecular complexity index is 848. The Morgan fingerprint density at radius 3 is 2.28 bits per heavy atom. The molecule has 0 heterocycles. The zero-order chi connectivity index (χ0) is 18.4. The maximum atomic E-state index is 12.2. The van der Waals surface area contributed by atoms with Crippen molar-refractivity contribution in [3.8, 4) is 11.5 Å². The van der Waals surface area contributed by atoms with E-state index in [1.807, 2.05) is 0 Å². The van der Waals surface area contributed by atoms with E-state index >= 15 is 0 Å². The number of benzene rings is 2. The van der Waals surface area contributed by atoms with Crippen LogP contribution in [0.15, 0.2) is 42.5 Å². The second kappa shape index (κ2) is 7.89. The molecule has 134 valence electrons. The van der Waals surface area contributed by atoms with Gasteiger partial charge in [-0.15, -0.1) is 0 Å². The molecule has 0 atom stereocenters. The van der Waals surface area contributed by atoms with Gasteiger partial charge in [0.15, 0.2) is 0 Å². The smallest absolute Gasteiger partial charge is 0.251 e. The van der Waals surface area contributed by atoms with Crippen LogP contribution in [0.1, 0.15) is 15.9 Å². The zero-order valence-corrected chi connectivity index (χ0v) is 15.0. The van der Waals surface area contributed by atoms with Crippen molar-refractivity contribution in [1.29, 1.82) is 0 Å². The first-order valence-corrected chi connectivity index (χ1v) is 9.28. The Hall–Kier alpha value is -2.74. The number of amides is 1. The van der Waals surface area contributed by atoms with Crippen LogP contribution in [0.2, 0.25) is 0 Å². The van der Waals surface area contributed by atoms with Gasteiger partial charge < -0.3 is 14.8 Å². The van der Waals surface area contributed by atoms with E-state index in [1.165, 1.54) is 12.1 Å². The molecule has 0 aliphatic rings. The fourth-order valence-corrected chi connectivity index (χ4v) is 2.77. The van der Waals surface area contributed by atoms with E-state index in [0.717, 1.165) is 11.8 Å². The molecule has 0 saturated heterocycles. The first kappa shape index (κ1) is 18.6. The molecule has 8 heteroatoms.